The number of β-amino-alcohol motifs (C(OH)–C–C–N with tert-alkyl or cyclic N) is 1. The molecular formula is C28H24F2N2O3. The second-order valence-electron chi connectivity index (χ2n) is 8.39. The van der Waals surface area contributed by atoms with Crippen molar-refractivity contribution in [3.05, 3.63) is 108 Å². The summed E-state index contributed by atoms with van der Waals surface area (Å²) in [6, 6.07) is 24.8. The summed E-state index contributed by atoms with van der Waals surface area (Å²) in [6.45, 7) is 1.16. The zero-order chi connectivity index (χ0) is 24.2. The quantitative estimate of drug-likeness (QED) is 0.372. The predicted molar refractivity (Wildman–Crippen MR) is 129 cm³/mol. The first-order valence-electron chi connectivity index (χ1n) is 11.3. The Balaban J connectivity index is 1.45. The summed E-state index contributed by atoms with van der Waals surface area (Å²) in [5, 5.41) is 9.52. The molecule has 0 atom stereocenters. The Morgan fingerprint density at radius 2 is 1.37 bits per heavy atom. The average Bonchev–Trinajstić information content (AvgIpc) is 2.86. The molecule has 0 radical (unpaired) electrons. The largest absolute Gasteiger partial charge is 0.473 e. The van der Waals surface area contributed by atoms with Gasteiger partial charge in [-0.15, -0.1) is 0 Å². The highest BCUT2D eigenvalue weighted by Crippen LogP contribution is 2.37. The van der Waals surface area contributed by atoms with Gasteiger partial charge < -0.3 is 19.5 Å². The van der Waals surface area contributed by atoms with Crippen LogP contribution in [0.15, 0.2) is 84.9 Å². The van der Waals surface area contributed by atoms with E-state index >= 15 is 8.78 Å². The van der Waals surface area contributed by atoms with E-state index in [0.717, 1.165) is 11.1 Å². The Labute approximate surface area is 202 Å². The molecule has 1 aromatic heterocycles. The average molecular weight is 475 g/mol. The third-order valence-electron chi connectivity index (χ3n) is 5.81. The lowest BCUT2D eigenvalue weighted by atomic mass is 10.0. The molecule has 0 aliphatic carbocycles. The fraction of sp³-hybridized carbons (Fsp3) is 0.179. The molecule has 0 unspecified atom stereocenters. The Morgan fingerprint density at radius 3 is 1.94 bits per heavy atom. The number of hydrogen-bond donors (Lipinski definition) is 1. The van der Waals surface area contributed by atoms with E-state index < -0.39 is 17.7 Å². The van der Waals surface area contributed by atoms with Gasteiger partial charge in [-0.3, -0.25) is 0 Å². The summed E-state index contributed by atoms with van der Waals surface area (Å²) in [7, 11) is 0. The summed E-state index contributed by atoms with van der Waals surface area (Å²) < 4.78 is 42.1. The van der Waals surface area contributed by atoms with E-state index in [1.54, 1.807) is 17.0 Å². The number of halogens is 2. The Kier molecular flexibility index (Phi) is 6.59. The lowest BCUT2D eigenvalue weighted by Gasteiger charge is -2.38. The first-order valence-corrected chi connectivity index (χ1v) is 11.3. The van der Waals surface area contributed by atoms with Gasteiger partial charge in [-0.25, -0.2) is 8.78 Å². The Morgan fingerprint density at radius 1 is 0.800 bits per heavy atom. The molecule has 1 aliphatic heterocycles. The van der Waals surface area contributed by atoms with E-state index in [-0.39, 0.29) is 29.5 Å². The molecule has 3 aromatic carbocycles. The number of nitrogens with zero attached hydrogens (tertiary/aromatic N) is 2. The maximum Gasteiger partial charge on any atom is 0.225 e. The van der Waals surface area contributed by atoms with Gasteiger partial charge in [0.25, 0.3) is 0 Å². The van der Waals surface area contributed by atoms with E-state index in [1.165, 1.54) is 12.1 Å². The molecule has 5 rings (SSSR count). The van der Waals surface area contributed by atoms with Crippen molar-refractivity contribution in [1.29, 1.82) is 0 Å². The van der Waals surface area contributed by atoms with Gasteiger partial charge in [0.1, 0.15) is 24.8 Å². The molecule has 5 nitrogen and oxygen atoms in total. The third kappa shape index (κ3) is 5.25. The van der Waals surface area contributed by atoms with Crippen LogP contribution in [0.5, 0.6) is 11.8 Å². The van der Waals surface area contributed by atoms with E-state index in [4.69, 9.17) is 9.47 Å². The third-order valence-corrected chi connectivity index (χ3v) is 5.81. The molecule has 1 saturated heterocycles. The van der Waals surface area contributed by atoms with Crippen LogP contribution in [0.3, 0.4) is 0 Å². The van der Waals surface area contributed by atoms with Gasteiger partial charge in [-0.2, -0.15) is 4.98 Å². The number of benzene rings is 3. The smallest absolute Gasteiger partial charge is 0.225 e. The van der Waals surface area contributed by atoms with E-state index in [2.05, 4.69) is 4.98 Å². The van der Waals surface area contributed by atoms with Gasteiger partial charge in [-0.1, -0.05) is 60.7 Å². The Bertz CT molecular complexity index is 1270. The minimum absolute atomic E-state index is 0.0735. The van der Waals surface area contributed by atoms with E-state index in [1.807, 2.05) is 60.7 Å². The summed E-state index contributed by atoms with van der Waals surface area (Å²) in [5.41, 5.74) is 2.21. The minimum Gasteiger partial charge on any atom is -0.473 e. The lowest BCUT2D eigenvalue weighted by Crippen LogP contribution is -2.50. The molecule has 4 aromatic rings. The highest BCUT2D eigenvalue weighted by molar-refractivity contribution is 5.72. The second-order valence-corrected chi connectivity index (χ2v) is 8.39. The van der Waals surface area contributed by atoms with Gasteiger partial charge >= 0.3 is 0 Å². The van der Waals surface area contributed by atoms with Crippen molar-refractivity contribution in [3.63, 3.8) is 0 Å². The summed E-state index contributed by atoms with van der Waals surface area (Å²) in [4.78, 5) is 6.15. The molecule has 0 bridgehead atoms. The van der Waals surface area contributed by atoms with Crippen LogP contribution in [0, 0.1) is 11.6 Å². The first kappa shape index (κ1) is 22.8. The fourth-order valence-electron chi connectivity index (χ4n) is 3.93. The van der Waals surface area contributed by atoms with Crippen LogP contribution in [0.1, 0.15) is 11.1 Å². The van der Waals surface area contributed by atoms with Crippen LogP contribution in [0.25, 0.3) is 11.1 Å². The number of aromatic nitrogens is 1. The molecular weight excluding hydrogens is 450 g/mol. The standard InChI is InChI=1S/C28H24F2N2O3/c29-24-13-21(32-15-22(33)16-32)14-25(30)27(24)23-11-12-26(34-17-19-7-3-1-4-8-19)31-28(23)35-18-20-9-5-2-6-10-20/h1-14,22,33H,15-18H2. The topological polar surface area (TPSA) is 54.8 Å². The molecule has 0 amide bonds. The van der Waals surface area contributed by atoms with Crippen LogP contribution in [0.4, 0.5) is 14.5 Å². The van der Waals surface area contributed by atoms with Crippen LogP contribution >= 0.6 is 0 Å². The van der Waals surface area contributed by atoms with Crippen LogP contribution < -0.4 is 14.4 Å². The van der Waals surface area contributed by atoms with E-state index in [9.17, 15) is 5.11 Å². The summed E-state index contributed by atoms with van der Waals surface area (Å²) in [5.74, 6) is -1.10. The van der Waals surface area contributed by atoms with Crippen LogP contribution in [0.2, 0.25) is 0 Å². The molecule has 0 saturated carbocycles. The van der Waals surface area contributed by atoms with Gasteiger partial charge in [0.2, 0.25) is 11.8 Å². The van der Waals surface area contributed by atoms with E-state index in [0.29, 0.717) is 25.4 Å². The van der Waals surface area contributed by atoms with Crippen molar-refractivity contribution in [2.45, 2.75) is 19.3 Å². The van der Waals surface area contributed by atoms with Crippen LogP contribution in [-0.4, -0.2) is 29.3 Å². The number of anilines is 1. The number of aliphatic hydroxyl groups is 1. The molecule has 1 fully saturated rings. The number of aliphatic hydroxyl groups excluding tert-OH is 1. The van der Waals surface area contributed by atoms with Crippen molar-refractivity contribution >= 4 is 5.69 Å². The van der Waals surface area contributed by atoms with Gasteiger partial charge in [0, 0.05) is 24.8 Å². The molecule has 1 N–H and O–H groups in total. The molecule has 2 heterocycles. The maximum atomic E-state index is 15.2. The van der Waals surface area contributed by atoms with Crippen molar-refractivity contribution < 1.29 is 23.4 Å². The molecule has 1 aliphatic rings. The molecule has 35 heavy (non-hydrogen) atoms. The zero-order valence-corrected chi connectivity index (χ0v) is 18.9. The van der Waals surface area contributed by atoms with Crippen molar-refractivity contribution in [1.82, 2.24) is 4.98 Å². The first-order chi connectivity index (χ1) is 17.1. The van der Waals surface area contributed by atoms with Gasteiger partial charge in [-0.05, 0) is 29.3 Å². The van der Waals surface area contributed by atoms with Gasteiger partial charge in [0.15, 0.2) is 0 Å². The molecule has 178 valence electrons. The van der Waals surface area contributed by atoms with Gasteiger partial charge in [0.05, 0.1) is 17.2 Å². The van der Waals surface area contributed by atoms with Crippen molar-refractivity contribution in [3.8, 4) is 22.9 Å². The summed E-state index contributed by atoms with van der Waals surface area (Å²) in [6.07, 6.45) is -0.480. The highest BCUT2D eigenvalue weighted by Gasteiger charge is 2.27. The number of rotatable bonds is 8. The number of hydrogen-bond acceptors (Lipinski definition) is 5. The monoisotopic (exact) mass is 474 g/mol. The zero-order valence-electron chi connectivity index (χ0n) is 18.9. The van der Waals surface area contributed by atoms with Crippen molar-refractivity contribution in [2.24, 2.45) is 0 Å². The summed E-state index contributed by atoms with van der Waals surface area (Å²) >= 11 is 0. The maximum absolute atomic E-state index is 15.2. The fourth-order valence-corrected chi connectivity index (χ4v) is 3.93. The lowest BCUT2D eigenvalue weighted by molar-refractivity contribution is 0.142. The minimum atomic E-state index is -0.731. The molecule has 0 spiro atoms. The SMILES string of the molecule is OC1CN(c2cc(F)c(-c3ccc(OCc4ccccc4)nc3OCc3ccccc3)c(F)c2)C1. The number of pyridine rings is 1. The normalized spacial score (nSPS) is 13.4. The predicted octanol–water partition coefficient (Wildman–Crippen LogP) is 5.37. The second kappa shape index (κ2) is 10.1. The van der Waals surface area contributed by atoms with Crippen LogP contribution in [-0.2, 0) is 13.2 Å². The highest BCUT2D eigenvalue weighted by atomic mass is 19.1. The Hall–Kier alpha value is -3.97. The number of ether oxygens (including phenoxy) is 2. The molecule has 7 heteroatoms. The van der Waals surface area contributed by atoms with Crippen molar-refractivity contribution in [2.75, 3.05) is 18.0 Å².